The van der Waals surface area contributed by atoms with E-state index >= 15 is 0 Å². The highest BCUT2D eigenvalue weighted by Crippen LogP contribution is 2.23. The molecule has 2 amide bonds. The second-order valence-corrected chi connectivity index (χ2v) is 8.98. The number of nitrogens with zero attached hydrogens (tertiary/aromatic N) is 2. The van der Waals surface area contributed by atoms with Crippen LogP contribution < -0.4 is 10.2 Å². The summed E-state index contributed by atoms with van der Waals surface area (Å²) >= 11 is 0. The van der Waals surface area contributed by atoms with Crippen LogP contribution in [0, 0.1) is 5.92 Å². The number of carbonyl (C=O) groups excluding carboxylic acids is 2. The molecule has 1 aromatic carbocycles. The van der Waals surface area contributed by atoms with Crippen molar-refractivity contribution in [1.29, 1.82) is 0 Å². The van der Waals surface area contributed by atoms with Crippen LogP contribution in [-0.4, -0.2) is 50.4 Å². The number of hydrogen-bond acceptors (Lipinski definition) is 4. The second-order valence-electron chi connectivity index (χ2n) is 7.00. The number of amides is 2. The first-order valence-electron chi connectivity index (χ1n) is 8.97. The molecule has 26 heavy (non-hydrogen) atoms. The Balaban J connectivity index is 1.58. The summed E-state index contributed by atoms with van der Waals surface area (Å²) in [5.41, 5.74) is 1.78. The molecule has 142 valence electrons. The summed E-state index contributed by atoms with van der Waals surface area (Å²) in [7, 11) is -3.26. The Labute approximate surface area is 154 Å². The Kier molecular flexibility index (Phi) is 5.62. The van der Waals surface area contributed by atoms with Gasteiger partial charge in [-0.25, -0.2) is 12.7 Å². The third kappa shape index (κ3) is 4.42. The number of rotatable bonds is 5. The zero-order chi connectivity index (χ0) is 18.7. The summed E-state index contributed by atoms with van der Waals surface area (Å²) in [6, 6.07) is 7.62. The smallest absolute Gasteiger partial charge is 0.227 e. The number of benzene rings is 1. The van der Waals surface area contributed by atoms with Crippen LogP contribution >= 0.6 is 0 Å². The summed E-state index contributed by atoms with van der Waals surface area (Å²) in [5, 5.41) is 2.91. The Hall–Kier alpha value is -1.93. The second kappa shape index (κ2) is 7.75. The molecule has 0 aromatic heterocycles. The molecule has 0 bridgehead atoms. The lowest BCUT2D eigenvalue weighted by Gasteiger charge is -2.30. The van der Waals surface area contributed by atoms with E-state index in [-0.39, 0.29) is 24.3 Å². The van der Waals surface area contributed by atoms with Crippen LogP contribution in [-0.2, 0) is 26.2 Å². The van der Waals surface area contributed by atoms with Gasteiger partial charge in [0.25, 0.3) is 0 Å². The molecule has 0 saturated carbocycles. The minimum atomic E-state index is -3.26. The minimum Gasteiger partial charge on any atom is -0.352 e. The number of carbonyl (C=O) groups is 2. The molecule has 1 aromatic rings. The van der Waals surface area contributed by atoms with Gasteiger partial charge in [0.2, 0.25) is 21.8 Å². The van der Waals surface area contributed by atoms with Crippen molar-refractivity contribution < 1.29 is 18.0 Å². The first-order chi connectivity index (χ1) is 12.3. The van der Waals surface area contributed by atoms with Crippen LogP contribution in [0.2, 0.25) is 0 Å². The zero-order valence-corrected chi connectivity index (χ0v) is 15.8. The predicted octanol–water partition coefficient (Wildman–Crippen LogP) is 1.10. The summed E-state index contributed by atoms with van der Waals surface area (Å²) < 4.78 is 24.7. The number of hydrogen-bond donors (Lipinski definition) is 1. The largest absolute Gasteiger partial charge is 0.352 e. The molecule has 0 spiro atoms. The van der Waals surface area contributed by atoms with Gasteiger partial charge in [-0.3, -0.25) is 9.59 Å². The molecule has 0 aliphatic carbocycles. The fraction of sp³-hybridized carbons (Fsp3) is 0.556. The highest BCUT2D eigenvalue weighted by Gasteiger charge is 2.30. The van der Waals surface area contributed by atoms with Crippen LogP contribution in [0.3, 0.4) is 0 Å². The van der Waals surface area contributed by atoms with Gasteiger partial charge in [-0.2, -0.15) is 0 Å². The molecular weight excluding hydrogens is 354 g/mol. The van der Waals surface area contributed by atoms with Gasteiger partial charge >= 0.3 is 0 Å². The molecule has 7 nitrogen and oxygen atoms in total. The quantitative estimate of drug-likeness (QED) is 0.830. The summed E-state index contributed by atoms with van der Waals surface area (Å²) in [6.45, 7) is 1.82. The highest BCUT2D eigenvalue weighted by molar-refractivity contribution is 7.88. The van der Waals surface area contributed by atoms with Crippen molar-refractivity contribution in [2.24, 2.45) is 5.92 Å². The van der Waals surface area contributed by atoms with Crippen LogP contribution in [0.25, 0.3) is 0 Å². The number of nitrogens with one attached hydrogen (secondary N) is 1. The topological polar surface area (TPSA) is 86.8 Å². The zero-order valence-electron chi connectivity index (χ0n) is 15.0. The van der Waals surface area contributed by atoms with Gasteiger partial charge in [0, 0.05) is 38.3 Å². The van der Waals surface area contributed by atoms with Gasteiger partial charge in [0.05, 0.1) is 12.2 Å². The van der Waals surface area contributed by atoms with E-state index in [0.717, 1.165) is 24.2 Å². The molecule has 8 heteroatoms. The maximum Gasteiger partial charge on any atom is 0.227 e. The maximum atomic E-state index is 12.4. The van der Waals surface area contributed by atoms with Crippen LogP contribution in [0.4, 0.5) is 5.69 Å². The first-order valence-corrected chi connectivity index (χ1v) is 10.8. The first kappa shape index (κ1) is 18.8. The molecule has 3 rings (SSSR count). The van der Waals surface area contributed by atoms with Gasteiger partial charge in [0.1, 0.15) is 0 Å². The van der Waals surface area contributed by atoms with Gasteiger partial charge in [-0.15, -0.1) is 0 Å². The third-order valence-corrected chi connectivity index (χ3v) is 6.26. The number of anilines is 1. The van der Waals surface area contributed by atoms with Crippen LogP contribution in [0.1, 0.15) is 31.2 Å². The van der Waals surface area contributed by atoms with Crippen molar-refractivity contribution >= 4 is 27.5 Å². The average molecular weight is 379 g/mol. The van der Waals surface area contributed by atoms with Gasteiger partial charge in [0.15, 0.2) is 0 Å². The molecule has 2 aliphatic rings. The molecule has 2 heterocycles. The Morgan fingerprint density at radius 1 is 1.27 bits per heavy atom. The van der Waals surface area contributed by atoms with E-state index < -0.39 is 10.0 Å². The van der Waals surface area contributed by atoms with Crippen molar-refractivity contribution in [1.82, 2.24) is 9.62 Å². The normalized spacial score (nSPS) is 21.8. The van der Waals surface area contributed by atoms with Gasteiger partial charge in [-0.05, 0) is 37.0 Å². The van der Waals surface area contributed by atoms with E-state index in [0.29, 0.717) is 32.4 Å². The van der Waals surface area contributed by atoms with Gasteiger partial charge in [-0.1, -0.05) is 12.1 Å². The van der Waals surface area contributed by atoms with E-state index in [1.165, 1.54) is 10.6 Å². The van der Waals surface area contributed by atoms with Crippen molar-refractivity contribution in [2.45, 2.75) is 32.2 Å². The monoisotopic (exact) mass is 379 g/mol. The summed E-state index contributed by atoms with van der Waals surface area (Å²) in [5.74, 6) is -0.308. The lowest BCUT2D eigenvalue weighted by atomic mass is 9.98. The Bertz CT molecular complexity index is 793. The number of sulfonamides is 1. The lowest BCUT2D eigenvalue weighted by molar-refractivity contribution is -0.126. The van der Waals surface area contributed by atoms with Crippen LogP contribution in [0.15, 0.2) is 24.3 Å². The molecule has 2 saturated heterocycles. The van der Waals surface area contributed by atoms with Gasteiger partial charge < -0.3 is 10.2 Å². The standard InChI is InChI=1S/C18H25N3O4S/c1-26(24,25)20-9-3-6-15(13-20)18(23)19-12-14-5-2-7-16(11-14)21-10-4-8-17(21)22/h2,5,7,11,15H,3-4,6,8-10,12-13H2,1H3,(H,19,23)/t15-/m0/s1. The molecule has 2 aliphatic heterocycles. The Morgan fingerprint density at radius 3 is 2.77 bits per heavy atom. The summed E-state index contributed by atoms with van der Waals surface area (Å²) in [6.07, 6.45) is 4.02. The van der Waals surface area contributed by atoms with E-state index in [1.54, 1.807) is 4.90 Å². The summed E-state index contributed by atoms with van der Waals surface area (Å²) in [4.78, 5) is 26.1. The molecule has 1 N–H and O–H groups in total. The van der Waals surface area contributed by atoms with Crippen molar-refractivity contribution in [2.75, 3.05) is 30.8 Å². The van der Waals surface area contributed by atoms with E-state index in [1.807, 2.05) is 24.3 Å². The minimum absolute atomic E-state index is 0.124. The van der Waals surface area contributed by atoms with Crippen molar-refractivity contribution in [3.05, 3.63) is 29.8 Å². The fourth-order valence-corrected chi connectivity index (χ4v) is 4.46. The molecule has 0 radical (unpaired) electrons. The van der Waals surface area contributed by atoms with E-state index in [4.69, 9.17) is 0 Å². The average Bonchev–Trinajstić information content (AvgIpc) is 3.05. The molecule has 2 fully saturated rings. The Morgan fingerprint density at radius 2 is 2.08 bits per heavy atom. The highest BCUT2D eigenvalue weighted by atomic mass is 32.2. The SMILES string of the molecule is CS(=O)(=O)N1CCC[C@H](C(=O)NCc2cccc(N3CCCC3=O)c2)C1. The molecule has 0 unspecified atom stereocenters. The number of piperidine rings is 1. The third-order valence-electron chi connectivity index (χ3n) is 4.99. The molecular formula is C18H25N3O4S. The fourth-order valence-electron chi connectivity index (χ4n) is 3.55. The lowest BCUT2D eigenvalue weighted by Crippen LogP contribution is -2.44. The van der Waals surface area contributed by atoms with Crippen molar-refractivity contribution in [3.63, 3.8) is 0 Å². The van der Waals surface area contributed by atoms with Crippen LogP contribution in [0.5, 0.6) is 0 Å². The van der Waals surface area contributed by atoms with E-state index in [9.17, 15) is 18.0 Å². The van der Waals surface area contributed by atoms with Crippen molar-refractivity contribution in [3.8, 4) is 0 Å². The van der Waals surface area contributed by atoms with E-state index in [2.05, 4.69) is 5.32 Å². The molecule has 1 atom stereocenters. The maximum absolute atomic E-state index is 12.4. The predicted molar refractivity (Wildman–Crippen MR) is 99.0 cm³/mol.